The quantitative estimate of drug-likeness (QED) is 0.765. The lowest BCUT2D eigenvalue weighted by atomic mass is 10.2. The largest absolute Gasteiger partial charge is 0.349 e. The molecule has 0 spiro atoms. The molecular weight excluding hydrogens is 332 g/mol. The molecule has 3 aromatic rings. The van der Waals surface area contributed by atoms with E-state index in [1.807, 2.05) is 29.7 Å². The topological polar surface area (TPSA) is 49.6 Å². The Kier molecular flexibility index (Phi) is 4.55. The number of rotatable bonds is 5. The van der Waals surface area contributed by atoms with Crippen molar-refractivity contribution in [2.24, 2.45) is 0 Å². The number of amides is 1. The molecule has 1 aliphatic heterocycles. The molecule has 130 valence electrons. The van der Waals surface area contributed by atoms with E-state index in [9.17, 15) is 4.79 Å². The molecule has 3 aromatic heterocycles. The Hall–Kier alpha value is -2.18. The number of nitrogens with one attached hydrogen (secondary N) is 1. The number of likely N-dealkylation sites (tertiary alicyclic amines) is 1. The lowest BCUT2D eigenvalue weighted by Crippen LogP contribution is -2.36. The van der Waals surface area contributed by atoms with Gasteiger partial charge in [0.15, 0.2) is 0 Å². The lowest BCUT2D eigenvalue weighted by Gasteiger charge is -2.26. The third kappa shape index (κ3) is 3.45. The molecule has 0 radical (unpaired) electrons. The number of nitrogens with zero attached hydrogens (tertiary/aromatic N) is 3. The molecule has 4 rings (SSSR count). The molecule has 1 N–H and O–H groups in total. The maximum absolute atomic E-state index is 12.6. The molecule has 1 saturated heterocycles. The summed E-state index contributed by atoms with van der Waals surface area (Å²) in [6, 6.07) is 8.49. The van der Waals surface area contributed by atoms with Gasteiger partial charge in [0.05, 0.1) is 6.04 Å². The Morgan fingerprint density at radius 2 is 2.20 bits per heavy atom. The van der Waals surface area contributed by atoms with Gasteiger partial charge in [0.2, 0.25) is 0 Å². The third-order valence-corrected chi connectivity index (χ3v) is 5.73. The SMILES string of the molecule is Cc1ccn2cc(C(=O)NCC(c3cccs3)N3CCCC3)nc2c1. The molecule has 0 aromatic carbocycles. The summed E-state index contributed by atoms with van der Waals surface area (Å²) in [7, 11) is 0. The normalized spacial score (nSPS) is 16.4. The summed E-state index contributed by atoms with van der Waals surface area (Å²) in [5.41, 5.74) is 2.41. The molecule has 0 saturated carbocycles. The number of pyridine rings is 1. The average Bonchev–Trinajstić information content (AvgIpc) is 3.36. The smallest absolute Gasteiger partial charge is 0.271 e. The van der Waals surface area contributed by atoms with Gasteiger partial charge in [0, 0.05) is 23.8 Å². The Balaban J connectivity index is 1.48. The maximum Gasteiger partial charge on any atom is 0.271 e. The van der Waals surface area contributed by atoms with Crippen molar-refractivity contribution in [1.82, 2.24) is 19.6 Å². The molecule has 0 bridgehead atoms. The van der Waals surface area contributed by atoms with E-state index in [-0.39, 0.29) is 11.9 Å². The summed E-state index contributed by atoms with van der Waals surface area (Å²) in [5.74, 6) is -0.109. The van der Waals surface area contributed by atoms with E-state index in [2.05, 4.69) is 32.7 Å². The number of imidazole rings is 1. The van der Waals surface area contributed by atoms with E-state index in [4.69, 9.17) is 0 Å². The van der Waals surface area contributed by atoms with Gasteiger partial charge in [-0.1, -0.05) is 6.07 Å². The molecule has 1 amide bonds. The van der Waals surface area contributed by atoms with Crippen LogP contribution in [0, 0.1) is 6.92 Å². The van der Waals surface area contributed by atoms with Gasteiger partial charge < -0.3 is 9.72 Å². The van der Waals surface area contributed by atoms with Crippen LogP contribution in [0.1, 0.15) is 39.8 Å². The van der Waals surface area contributed by atoms with E-state index in [1.165, 1.54) is 17.7 Å². The van der Waals surface area contributed by atoms with Crippen LogP contribution in [0.2, 0.25) is 0 Å². The van der Waals surface area contributed by atoms with E-state index in [0.717, 1.165) is 24.3 Å². The van der Waals surface area contributed by atoms with Crippen molar-refractivity contribution in [2.75, 3.05) is 19.6 Å². The van der Waals surface area contributed by atoms with Crippen LogP contribution in [0.4, 0.5) is 0 Å². The van der Waals surface area contributed by atoms with Crippen LogP contribution in [0.3, 0.4) is 0 Å². The van der Waals surface area contributed by atoms with Crippen LogP contribution in [-0.2, 0) is 0 Å². The van der Waals surface area contributed by atoms with Gasteiger partial charge in [0.25, 0.3) is 5.91 Å². The molecule has 1 aliphatic rings. The van der Waals surface area contributed by atoms with Crippen molar-refractivity contribution in [3.63, 3.8) is 0 Å². The van der Waals surface area contributed by atoms with Gasteiger partial charge in [-0.2, -0.15) is 0 Å². The van der Waals surface area contributed by atoms with Gasteiger partial charge >= 0.3 is 0 Å². The molecule has 1 unspecified atom stereocenters. The van der Waals surface area contributed by atoms with E-state index in [1.54, 1.807) is 17.5 Å². The highest BCUT2D eigenvalue weighted by Gasteiger charge is 2.25. The summed E-state index contributed by atoms with van der Waals surface area (Å²) >= 11 is 1.76. The number of carbonyl (C=O) groups is 1. The Morgan fingerprint density at radius 3 is 2.96 bits per heavy atom. The third-order valence-electron chi connectivity index (χ3n) is 4.76. The molecule has 5 nitrogen and oxygen atoms in total. The monoisotopic (exact) mass is 354 g/mol. The number of thiophene rings is 1. The Labute approximate surface area is 151 Å². The second-order valence-electron chi connectivity index (χ2n) is 6.58. The lowest BCUT2D eigenvalue weighted by molar-refractivity contribution is 0.0934. The highest BCUT2D eigenvalue weighted by molar-refractivity contribution is 7.10. The van der Waals surface area contributed by atoms with Gasteiger partial charge in [-0.15, -0.1) is 11.3 Å². The van der Waals surface area contributed by atoms with Crippen LogP contribution >= 0.6 is 11.3 Å². The average molecular weight is 354 g/mol. The predicted octanol–water partition coefficient (Wildman–Crippen LogP) is 3.27. The first-order valence-corrected chi connectivity index (χ1v) is 9.60. The van der Waals surface area contributed by atoms with Crippen LogP contribution < -0.4 is 5.32 Å². The minimum atomic E-state index is -0.109. The summed E-state index contributed by atoms with van der Waals surface area (Å²) in [5, 5.41) is 5.19. The first kappa shape index (κ1) is 16.3. The zero-order chi connectivity index (χ0) is 17.2. The van der Waals surface area contributed by atoms with Crippen LogP contribution in [0.15, 0.2) is 42.0 Å². The zero-order valence-corrected chi connectivity index (χ0v) is 15.1. The molecule has 1 fully saturated rings. The summed E-state index contributed by atoms with van der Waals surface area (Å²) in [6.45, 7) is 4.85. The van der Waals surface area contributed by atoms with Crippen LogP contribution in [-0.4, -0.2) is 39.8 Å². The van der Waals surface area contributed by atoms with Crippen LogP contribution in [0.5, 0.6) is 0 Å². The van der Waals surface area contributed by atoms with Crippen molar-refractivity contribution in [2.45, 2.75) is 25.8 Å². The minimum Gasteiger partial charge on any atom is -0.349 e. The Bertz CT molecular complexity index is 865. The second kappa shape index (κ2) is 6.98. The van der Waals surface area contributed by atoms with Gasteiger partial charge in [-0.3, -0.25) is 9.69 Å². The summed E-state index contributed by atoms with van der Waals surface area (Å²) in [4.78, 5) is 20.8. The fourth-order valence-corrected chi connectivity index (χ4v) is 4.28. The van der Waals surface area contributed by atoms with Gasteiger partial charge in [-0.25, -0.2) is 4.98 Å². The standard InChI is InChI=1S/C19H22N4OS/c1-14-6-9-23-13-15(21-18(23)11-14)19(24)20-12-16(17-5-4-10-25-17)22-7-2-3-8-22/h4-6,9-11,13,16H,2-3,7-8,12H2,1H3,(H,20,24). The molecule has 25 heavy (non-hydrogen) atoms. The van der Waals surface area contributed by atoms with Gasteiger partial charge in [-0.05, 0) is 62.0 Å². The van der Waals surface area contributed by atoms with E-state index < -0.39 is 0 Å². The first-order chi connectivity index (χ1) is 12.2. The van der Waals surface area contributed by atoms with E-state index >= 15 is 0 Å². The number of carbonyl (C=O) groups excluding carboxylic acids is 1. The second-order valence-corrected chi connectivity index (χ2v) is 7.56. The number of hydrogen-bond acceptors (Lipinski definition) is 4. The number of aryl methyl sites for hydroxylation is 1. The number of hydrogen-bond donors (Lipinski definition) is 1. The highest BCUT2D eigenvalue weighted by Crippen LogP contribution is 2.27. The fraction of sp³-hybridized carbons (Fsp3) is 0.368. The predicted molar refractivity (Wildman–Crippen MR) is 100 cm³/mol. The first-order valence-electron chi connectivity index (χ1n) is 8.72. The van der Waals surface area contributed by atoms with Gasteiger partial charge in [0.1, 0.15) is 11.3 Å². The van der Waals surface area contributed by atoms with Crippen molar-refractivity contribution in [1.29, 1.82) is 0 Å². The molecule has 6 heteroatoms. The number of fused-ring (bicyclic) bond motifs is 1. The molecule has 4 heterocycles. The molecular formula is C19H22N4OS. The minimum absolute atomic E-state index is 0.109. The Morgan fingerprint density at radius 1 is 1.36 bits per heavy atom. The highest BCUT2D eigenvalue weighted by atomic mass is 32.1. The zero-order valence-electron chi connectivity index (χ0n) is 14.3. The fourth-order valence-electron chi connectivity index (χ4n) is 3.42. The summed E-state index contributed by atoms with van der Waals surface area (Å²) < 4.78 is 1.89. The molecule has 1 atom stereocenters. The van der Waals surface area contributed by atoms with Crippen molar-refractivity contribution in [3.8, 4) is 0 Å². The van der Waals surface area contributed by atoms with Crippen molar-refractivity contribution >= 4 is 22.9 Å². The maximum atomic E-state index is 12.6. The van der Waals surface area contributed by atoms with E-state index in [0.29, 0.717) is 12.2 Å². The van der Waals surface area contributed by atoms with Crippen molar-refractivity contribution in [3.05, 3.63) is 58.2 Å². The molecule has 0 aliphatic carbocycles. The van der Waals surface area contributed by atoms with Crippen molar-refractivity contribution < 1.29 is 4.79 Å². The number of aromatic nitrogens is 2. The summed E-state index contributed by atoms with van der Waals surface area (Å²) in [6.07, 6.45) is 6.20. The van der Waals surface area contributed by atoms with Crippen LogP contribution in [0.25, 0.3) is 5.65 Å².